The topological polar surface area (TPSA) is 49.8 Å². The Hall–Kier alpha value is -1.55. The number of aliphatic hydroxyl groups is 1. The Kier molecular flexibility index (Phi) is 4.20. The quantitative estimate of drug-likeness (QED) is 0.879. The molecular formula is C14H19NO3. The number of fused-ring (bicyclic) bond motifs is 1. The highest BCUT2D eigenvalue weighted by Crippen LogP contribution is 2.24. The molecule has 0 atom stereocenters. The number of aliphatic hydroxyl groups excluding tert-OH is 1. The molecule has 0 fully saturated rings. The first kappa shape index (κ1) is 12.9. The first-order chi connectivity index (χ1) is 8.76. The molecule has 0 aromatic heterocycles. The number of ether oxygens (including phenoxy) is 1. The predicted octanol–water partition coefficient (Wildman–Crippen LogP) is 1.47. The van der Waals surface area contributed by atoms with E-state index < -0.39 is 0 Å². The molecule has 4 nitrogen and oxygen atoms in total. The van der Waals surface area contributed by atoms with Crippen LogP contribution in [0, 0.1) is 0 Å². The number of hydrogen-bond donors (Lipinski definition) is 1. The molecule has 0 unspecified atom stereocenters. The van der Waals surface area contributed by atoms with Gasteiger partial charge in [0.1, 0.15) is 12.4 Å². The van der Waals surface area contributed by atoms with Crippen molar-refractivity contribution in [3.63, 3.8) is 0 Å². The summed E-state index contributed by atoms with van der Waals surface area (Å²) >= 11 is 0. The third-order valence-electron chi connectivity index (χ3n) is 3.17. The molecule has 0 spiro atoms. The number of aryl methyl sites for hydroxylation is 1. The highest BCUT2D eigenvalue weighted by atomic mass is 16.5. The summed E-state index contributed by atoms with van der Waals surface area (Å²) in [7, 11) is 0. The maximum Gasteiger partial charge on any atom is 0.257 e. The van der Waals surface area contributed by atoms with Gasteiger partial charge >= 0.3 is 0 Å². The molecular weight excluding hydrogens is 230 g/mol. The maximum atomic E-state index is 12.4. The van der Waals surface area contributed by atoms with Crippen LogP contribution in [0.25, 0.3) is 0 Å². The van der Waals surface area contributed by atoms with E-state index in [-0.39, 0.29) is 12.5 Å². The van der Waals surface area contributed by atoms with E-state index in [0.29, 0.717) is 37.4 Å². The molecule has 0 radical (unpaired) electrons. The molecule has 1 amide bonds. The summed E-state index contributed by atoms with van der Waals surface area (Å²) in [5, 5.41) is 8.86. The van der Waals surface area contributed by atoms with Crippen LogP contribution in [0.4, 0.5) is 0 Å². The molecule has 1 heterocycles. The van der Waals surface area contributed by atoms with Gasteiger partial charge in [0.25, 0.3) is 5.91 Å². The summed E-state index contributed by atoms with van der Waals surface area (Å²) in [5.74, 6) is 0.676. The van der Waals surface area contributed by atoms with E-state index in [2.05, 4.69) is 6.92 Å². The number of rotatable bonds is 4. The van der Waals surface area contributed by atoms with Crippen LogP contribution in [-0.4, -0.2) is 42.2 Å². The first-order valence-electron chi connectivity index (χ1n) is 6.42. The van der Waals surface area contributed by atoms with Gasteiger partial charge in [0.05, 0.1) is 12.1 Å². The van der Waals surface area contributed by atoms with Crippen LogP contribution in [0.5, 0.6) is 5.75 Å². The van der Waals surface area contributed by atoms with Gasteiger partial charge in [-0.25, -0.2) is 0 Å². The Bertz CT molecular complexity index is 429. The number of carbonyl (C=O) groups excluding carboxylic acids is 1. The van der Waals surface area contributed by atoms with Gasteiger partial charge in [-0.3, -0.25) is 4.79 Å². The molecule has 18 heavy (non-hydrogen) atoms. The normalized spacial score (nSPS) is 15.0. The van der Waals surface area contributed by atoms with Gasteiger partial charge in [0.15, 0.2) is 0 Å². The molecule has 1 aliphatic rings. The van der Waals surface area contributed by atoms with Gasteiger partial charge in [-0.15, -0.1) is 0 Å². The maximum absolute atomic E-state index is 12.4. The fourth-order valence-electron chi connectivity index (χ4n) is 2.10. The van der Waals surface area contributed by atoms with Gasteiger partial charge in [-0.2, -0.15) is 0 Å². The second-order valence-corrected chi connectivity index (χ2v) is 4.40. The molecule has 0 saturated heterocycles. The molecule has 0 saturated carbocycles. The molecule has 1 aromatic carbocycles. The van der Waals surface area contributed by atoms with Crippen molar-refractivity contribution in [2.24, 2.45) is 0 Å². The minimum Gasteiger partial charge on any atom is -0.491 e. The Morgan fingerprint density at radius 1 is 1.44 bits per heavy atom. The minimum atomic E-state index is 0.00579. The predicted molar refractivity (Wildman–Crippen MR) is 68.9 cm³/mol. The van der Waals surface area contributed by atoms with Crippen molar-refractivity contribution in [1.29, 1.82) is 0 Å². The van der Waals surface area contributed by atoms with Crippen LogP contribution >= 0.6 is 0 Å². The molecule has 1 aromatic rings. The fraction of sp³-hybridized carbons (Fsp3) is 0.500. The Balaban J connectivity index is 2.26. The summed E-state index contributed by atoms with van der Waals surface area (Å²) in [5.41, 5.74) is 1.78. The second-order valence-electron chi connectivity index (χ2n) is 4.40. The smallest absolute Gasteiger partial charge is 0.257 e. The molecule has 0 aliphatic carbocycles. The van der Waals surface area contributed by atoms with Crippen molar-refractivity contribution < 1.29 is 14.6 Å². The average Bonchev–Trinajstić information content (AvgIpc) is 2.56. The number of benzene rings is 1. The molecule has 98 valence electrons. The third-order valence-corrected chi connectivity index (χ3v) is 3.17. The number of hydrogen-bond acceptors (Lipinski definition) is 3. The van der Waals surface area contributed by atoms with Gasteiger partial charge in [-0.05, 0) is 30.5 Å². The lowest BCUT2D eigenvalue weighted by Crippen LogP contribution is -2.33. The van der Waals surface area contributed by atoms with Crippen LogP contribution < -0.4 is 4.74 Å². The lowest BCUT2D eigenvalue weighted by molar-refractivity contribution is 0.0744. The van der Waals surface area contributed by atoms with E-state index in [1.54, 1.807) is 4.90 Å². The number of carbonyl (C=O) groups is 1. The van der Waals surface area contributed by atoms with Gasteiger partial charge in [0, 0.05) is 13.2 Å². The minimum absolute atomic E-state index is 0.00579. The lowest BCUT2D eigenvalue weighted by atomic mass is 10.1. The van der Waals surface area contributed by atoms with Crippen molar-refractivity contribution in [3.8, 4) is 5.75 Å². The highest BCUT2D eigenvalue weighted by Gasteiger charge is 2.23. The second kappa shape index (κ2) is 5.87. The fourth-order valence-corrected chi connectivity index (χ4v) is 2.10. The largest absolute Gasteiger partial charge is 0.491 e. The van der Waals surface area contributed by atoms with Crippen molar-refractivity contribution >= 4 is 5.91 Å². The monoisotopic (exact) mass is 249 g/mol. The van der Waals surface area contributed by atoms with E-state index in [0.717, 1.165) is 12.0 Å². The number of amides is 1. The zero-order valence-corrected chi connectivity index (χ0v) is 10.7. The molecule has 2 rings (SSSR count). The van der Waals surface area contributed by atoms with Crippen molar-refractivity contribution in [2.75, 3.05) is 26.3 Å². The van der Waals surface area contributed by atoms with E-state index in [1.807, 2.05) is 18.2 Å². The van der Waals surface area contributed by atoms with Crippen LogP contribution in [-0.2, 0) is 6.42 Å². The van der Waals surface area contributed by atoms with Crippen LogP contribution in [0.2, 0.25) is 0 Å². The summed E-state index contributed by atoms with van der Waals surface area (Å²) in [4.78, 5) is 14.1. The highest BCUT2D eigenvalue weighted by molar-refractivity contribution is 5.97. The number of nitrogens with zero attached hydrogens (tertiary/aromatic N) is 1. The molecule has 1 N–H and O–H groups in total. The van der Waals surface area contributed by atoms with Gasteiger partial charge in [-0.1, -0.05) is 13.0 Å². The van der Waals surface area contributed by atoms with E-state index in [1.165, 1.54) is 0 Å². The third kappa shape index (κ3) is 2.64. The van der Waals surface area contributed by atoms with E-state index >= 15 is 0 Å². The van der Waals surface area contributed by atoms with Crippen molar-refractivity contribution in [3.05, 3.63) is 29.3 Å². The van der Waals surface area contributed by atoms with Crippen molar-refractivity contribution in [2.45, 2.75) is 19.8 Å². The van der Waals surface area contributed by atoms with Crippen LogP contribution in [0.3, 0.4) is 0 Å². The van der Waals surface area contributed by atoms with Crippen LogP contribution in [0.15, 0.2) is 18.2 Å². The van der Waals surface area contributed by atoms with Gasteiger partial charge in [0.2, 0.25) is 0 Å². The summed E-state index contributed by atoms with van der Waals surface area (Å²) in [6, 6.07) is 5.78. The Labute approximate surface area is 107 Å². The van der Waals surface area contributed by atoms with Gasteiger partial charge < -0.3 is 14.7 Å². The van der Waals surface area contributed by atoms with E-state index in [9.17, 15) is 4.79 Å². The zero-order chi connectivity index (χ0) is 13.0. The van der Waals surface area contributed by atoms with Crippen LogP contribution in [0.1, 0.15) is 29.3 Å². The summed E-state index contributed by atoms with van der Waals surface area (Å²) in [6.07, 6.45) is 1.51. The summed E-state index contributed by atoms with van der Waals surface area (Å²) < 4.78 is 5.60. The van der Waals surface area contributed by atoms with Crippen molar-refractivity contribution in [1.82, 2.24) is 4.90 Å². The first-order valence-corrected chi connectivity index (χ1v) is 6.42. The molecule has 4 heteroatoms. The Morgan fingerprint density at radius 2 is 2.28 bits per heavy atom. The van der Waals surface area contributed by atoms with E-state index in [4.69, 9.17) is 9.84 Å². The summed E-state index contributed by atoms with van der Waals surface area (Å²) in [6.45, 7) is 3.83. The Morgan fingerprint density at radius 3 is 3.00 bits per heavy atom. The average molecular weight is 249 g/mol. The molecule has 1 aliphatic heterocycles. The molecule has 0 bridgehead atoms. The standard InChI is InChI=1S/C14H19NO3/c1-2-11-4-5-13-12(10-11)14(17)15(6-3-8-16)7-9-18-13/h4-5,10,16H,2-3,6-9H2,1H3. The zero-order valence-electron chi connectivity index (χ0n) is 10.7. The SMILES string of the molecule is CCc1ccc2c(c1)C(=O)N(CCCO)CCO2. The lowest BCUT2D eigenvalue weighted by Gasteiger charge is -2.19.